The normalized spacial score (nSPS) is 26.4. The Balaban J connectivity index is 2.84. The highest BCUT2D eigenvalue weighted by Crippen LogP contribution is 2.64. The van der Waals surface area contributed by atoms with Crippen LogP contribution in [-0.4, -0.2) is 11.9 Å². The summed E-state index contributed by atoms with van der Waals surface area (Å²) in [5.41, 5.74) is 6.57. The second-order valence-corrected chi connectivity index (χ2v) is 6.61. The molecule has 0 spiro atoms. The van der Waals surface area contributed by atoms with Crippen molar-refractivity contribution in [3.05, 3.63) is 0 Å². The summed E-state index contributed by atoms with van der Waals surface area (Å²) < 4.78 is 0. The van der Waals surface area contributed by atoms with Gasteiger partial charge in [0.05, 0.1) is 11.9 Å². The van der Waals surface area contributed by atoms with Gasteiger partial charge in [-0.15, -0.1) is 0 Å². The fourth-order valence-electron chi connectivity index (χ4n) is 1.82. The zero-order valence-corrected chi connectivity index (χ0v) is 10.6. The molecule has 1 aliphatic rings. The SMILES string of the molecule is CC(C)(C)C(N)=NC1C(C)(C)C1(C)C. The molecular formula is C12H24N2. The summed E-state index contributed by atoms with van der Waals surface area (Å²) in [6.07, 6.45) is 0. The van der Waals surface area contributed by atoms with Gasteiger partial charge in [0, 0.05) is 5.41 Å². The molecule has 0 aromatic heterocycles. The molecule has 82 valence electrons. The van der Waals surface area contributed by atoms with Gasteiger partial charge in [0.1, 0.15) is 0 Å². The van der Waals surface area contributed by atoms with Gasteiger partial charge in [-0.2, -0.15) is 0 Å². The quantitative estimate of drug-likeness (QED) is 0.508. The van der Waals surface area contributed by atoms with Gasteiger partial charge < -0.3 is 5.73 Å². The molecule has 0 amide bonds. The largest absolute Gasteiger partial charge is 0.387 e. The van der Waals surface area contributed by atoms with Gasteiger partial charge >= 0.3 is 0 Å². The van der Waals surface area contributed by atoms with E-state index in [4.69, 9.17) is 5.73 Å². The van der Waals surface area contributed by atoms with Crippen molar-refractivity contribution in [3.8, 4) is 0 Å². The van der Waals surface area contributed by atoms with Crippen molar-refractivity contribution in [2.75, 3.05) is 0 Å². The zero-order valence-electron chi connectivity index (χ0n) is 10.6. The van der Waals surface area contributed by atoms with Crippen LogP contribution in [0.25, 0.3) is 0 Å². The van der Waals surface area contributed by atoms with Crippen LogP contribution in [0.4, 0.5) is 0 Å². The molecule has 0 unspecified atom stereocenters. The van der Waals surface area contributed by atoms with E-state index < -0.39 is 0 Å². The minimum absolute atomic E-state index is 0.00521. The number of rotatable bonds is 1. The summed E-state index contributed by atoms with van der Waals surface area (Å²) in [6, 6.07) is 0.384. The monoisotopic (exact) mass is 196 g/mol. The molecule has 1 saturated carbocycles. The molecule has 0 aromatic carbocycles. The van der Waals surface area contributed by atoms with Crippen LogP contribution in [0.2, 0.25) is 0 Å². The van der Waals surface area contributed by atoms with Crippen molar-refractivity contribution in [1.82, 2.24) is 0 Å². The lowest BCUT2D eigenvalue weighted by Gasteiger charge is -2.17. The minimum atomic E-state index is -0.00521. The van der Waals surface area contributed by atoms with Gasteiger partial charge in [0.2, 0.25) is 0 Å². The molecule has 0 atom stereocenters. The van der Waals surface area contributed by atoms with E-state index in [-0.39, 0.29) is 5.41 Å². The predicted octanol–water partition coefficient (Wildman–Crippen LogP) is 2.82. The first kappa shape index (κ1) is 11.5. The van der Waals surface area contributed by atoms with E-state index in [1.807, 2.05) is 0 Å². The zero-order chi connectivity index (χ0) is 11.4. The molecule has 1 aliphatic carbocycles. The number of hydrogen-bond donors (Lipinski definition) is 1. The molecule has 0 radical (unpaired) electrons. The van der Waals surface area contributed by atoms with Crippen LogP contribution >= 0.6 is 0 Å². The van der Waals surface area contributed by atoms with Crippen LogP contribution in [0.15, 0.2) is 4.99 Å². The van der Waals surface area contributed by atoms with Crippen molar-refractivity contribution in [1.29, 1.82) is 0 Å². The summed E-state index contributed by atoms with van der Waals surface area (Å²) >= 11 is 0. The van der Waals surface area contributed by atoms with Crippen molar-refractivity contribution in [3.63, 3.8) is 0 Å². The van der Waals surface area contributed by atoms with E-state index in [1.54, 1.807) is 0 Å². The maximum absolute atomic E-state index is 5.98. The first-order chi connectivity index (χ1) is 6.01. The van der Waals surface area contributed by atoms with Gasteiger partial charge in [-0.1, -0.05) is 48.5 Å². The second kappa shape index (κ2) is 2.74. The van der Waals surface area contributed by atoms with E-state index >= 15 is 0 Å². The summed E-state index contributed by atoms with van der Waals surface area (Å²) in [5, 5.41) is 0. The van der Waals surface area contributed by atoms with Crippen LogP contribution in [-0.2, 0) is 0 Å². The Morgan fingerprint density at radius 3 is 1.64 bits per heavy atom. The highest BCUT2D eigenvalue weighted by atomic mass is 15.0. The van der Waals surface area contributed by atoms with Crippen molar-refractivity contribution in [2.24, 2.45) is 27.0 Å². The number of aliphatic imine (C=N–C) groups is 1. The third-order valence-corrected chi connectivity index (χ3v) is 3.98. The highest BCUT2D eigenvalue weighted by Gasteiger charge is 2.65. The van der Waals surface area contributed by atoms with Gasteiger partial charge in [0.15, 0.2) is 0 Å². The molecule has 1 rings (SSSR count). The molecule has 2 nitrogen and oxygen atoms in total. The average molecular weight is 196 g/mol. The summed E-state index contributed by atoms with van der Waals surface area (Å²) in [5.74, 6) is 0.779. The van der Waals surface area contributed by atoms with Gasteiger partial charge in [0.25, 0.3) is 0 Å². The number of amidine groups is 1. The molecular weight excluding hydrogens is 172 g/mol. The van der Waals surface area contributed by atoms with Crippen molar-refractivity contribution >= 4 is 5.84 Å². The lowest BCUT2D eigenvalue weighted by atomic mass is 9.95. The molecule has 0 bridgehead atoms. The lowest BCUT2D eigenvalue weighted by Crippen LogP contribution is -2.29. The predicted molar refractivity (Wildman–Crippen MR) is 62.4 cm³/mol. The Kier molecular flexibility index (Phi) is 2.26. The maximum Gasteiger partial charge on any atom is 0.0995 e. The summed E-state index contributed by atoms with van der Waals surface area (Å²) in [4.78, 5) is 4.66. The number of nitrogens with zero attached hydrogens (tertiary/aromatic N) is 1. The Bertz CT molecular complexity index is 253. The molecule has 0 aromatic rings. The Morgan fingerprint density at radius 1 is 1.07 bits per heavy atom. The van der Waals surface area contributed by atoms with E-state index in [2.05, 4.69) is 53.5 Å². The standard InChI is InChI=1S/C12H24N2/c1-10(2,3)9(13)14-8-11(4,5)12(8,6)7/h8H,1-7H3,(H2,13,14). The van der Waals surface area contributed by atoms with E-state index in [0.29, 0.717) is 16.9 Å². The molecule has 2 N–H and O–H groups in total. The Hall–Kier alpha value is -0.530. The van der Waals surface area contributed by atoms with Crippen LogP contribution in [0.5, 0.6) is 0 Å². The van der Waals surface area contributed by atoms with E-state index in [0.717, 1.165) is 5.84 Å². The molecule has 2 heteroatoms. The molecule has 0 heterocycles. The average Bonchev–Trinajstić information content (AvgIpc) is 2.30. The first-order valence-corrected chi connectivity index (χ1v) is 5.35. The maximum atomic E-state index is 5.98. The van der Waals surface area contributed by atoms with Crippen LogP contribution < -0.4 is 5.73 Å². The molecule has 14 heavy (non-hydrogen) atoms. The molecule has 0 saturated heterocycles. The smallest absolute Gasteiger partial charge is 0.0995 e. The fraction of sp³-hybridized carbons (Fsp3) is 0.917. The van der Waals surface area contributed by atoms with E-state index in [1.165, 1.54) is 0 Å². The minimum Gasteiger partial charge on any atom is -0.387 e. The summed E-state index contributed by atoms with van der Waals surface area (Å²) in [7, 11) is 0. The first-order valence-electron chi connectivity index (χ1n) is 5.35. The third-order valence-electron chi connectivity index (χ3n) is 3.98. The Labute approximate surface area is 88.0 Å². The third kappa shape index (κ3) is 1.55. The van der Waals surface area contributed by atoms with Gasteiger partial charge in [-0.3, -0.25) is 4.99 Å². The van der Waals surface area contributed by atoms with Gasteiger partial charge in [-0.05, 0) is 10.8 Å². The lowest BCUT2D eigenvalue weighted by molar-refractivity contribution is 0.457. The number of hydrogen-bond acceptors (Lipinski definition) is 1. The topological polar surface area (TPSA) is 38.4 Å². The highest BCUT2D eigenvalue weighted by molar-refractivity contribution is 5.85. The molecule has 1 fully saturated rings. The van der Waals surface area contributed by atoms with Crippen LogP contribution in [0, 0.1) is 16.2 Å². The second-order valence-electron chi connectivity index (χ2n) is 6.61. The summed E-state index contributed by atoms with van der Waals surface area (Å²) in [6.45, 7) is 15.4. The van der Waals surface area contributed by atoms with Crippen molar-refractivity contribution < 1.29 is 0 Å². The van der Waals surface area contributed by atoms with Crippen LogP contribution in [0.1, 0.15) is 48.5 Å². The van der Waals surface area contributed by atoms with E-state index in [9.17, 15) is 0 Å². The molecule has 0 aliphatic heterocycles. The fourth-order valence-corrected chi connectivity index (χ4v) is 1.82. The Morgan fingerprint density at radius 2 is 1.43 bits per heavy atom. The van der Waals surface area contributed by atoms with Crippen molar-refractivity contribution in [2.45, 2.75) is 54.5 Å². The number of nitrogens with two attached hydrogens (primary N) is 1. The van der Waals surface area contributed by atoms with Crippen LogP contribution in [0.3, 0.4) is 0 Å². The van der Waals surface area contributed by atoms with Gasteiger partial charge in [-0.25, -0.2) is 0 Å².